The average Bonchev–Trinajstić information content (AvgIpc) is 1.22. The number of nitrogens with zero attached hydrogens (tertiary/aromatic N) is 2. The molecule has 0 unspecified atom stereocenters. The summed E-state index contributed by atoms with van der Waals surface area (Å²) in [4.78, 5) is 2.64. The molecule has 0 saturated heterocycles. The van der Waals surface area contributed by atoms with Gasteiger partial charge in [0.05, 0.1) is 33.8 Å². The molecule has 0 radical (unpaired) electrons. The fourth-order valence-electron chi connectivity index (χ4n) is 13.7. The molecule has 0 N–H and O–H groups in total. The van der Waals surface area contributed by atoms with Gasteiger partial charge in [0, 0.05) is 32.7 Å². The Balaban J connectivity index is 1.13. The molecule has 2 nitrogen and oxygen atoms in total. The SMILES string of the molecule is CC(C)(C)c1cc(-c2cc(C(C)(C)C)cc(C(C)(C)C)c2)cc(-c2ccc(C(C)(C)C)cc2N(c2ccccc2-c2ccccc2-c2ccccc2)c2ccc3ccc4c(-n5c6ccc(C(C)(C)C)cc6c6cc(C(C)(C)C)ccc65)ccc5ccc2c3c54)c1. The number of para-hydroxylation sites is 1. The molecular weight excluding hydrogens is 1080 g/mol. The van der Waals surface area contributed by atoms with Crippen molar-refractivity contribution in [3.63, 3.8) is 0 Å². The molecule has 2 heteroatoms. The van der Waals surface area contributed by atoms with E-state index < -0.39 is 0 Å². The molecule has 452 valence electrons. The van der Waals surface area contributed by atoms with E-state index in [9.17, 15) is 0 Å². The Kier molecular flexibility index (Phi) is 14.4. The van der Waals surface area contributed by atoms with Crippen molar-refractivity contribution in [3.05, 3.63) is 252 Å². The van der Waals surface area contributed by atoms with Gasteiger partial charge in [0.1, 0.15) is 0 Å². The Labute approximate surface area is 536 Å². The number of benzene rings is 12. The molecule has 0 bridgehead atoms. The second-order valence-electron chi connectivity index (χ2n) is 32.0. The first-order valence-electron chi connectivity index (χ1n) is 32.7. The number of fused-ring (bicyclic) bond motifs is 3. The largest absolute Gasteiger partial charge is 0.309 e. The first kappa shape index (κ1) is 60.2. The Hall–Kier alpha value is -8.72. The zero-order chi connectivity index (χ0) is 63.8. The van der Waals surface area contributed by atoms with Crippen molar-refractivity contribution in [2.45, 2.75) is 157 Å². The lowest BCUT2D eigenvalue weighted by molar-refractivity contribution is 0.569. The maximum absolute atomic E-state index is 2.64. The first-order chi connectivity index (χ1) is 42.4. The first-order valence-corrected chi connectivity index (χ1v) is 32.7. The lowest BCUT2D eigenvalue weighted by Crippen LogP contribution is -2.17. The third-order valence-electron chi connectivity index (χ3n) is 19.3. The molecule has 90 heavy (non-hydrogen) atoms. The molecule has 0 atom stereocenters. The van der Waals surface area contributed by atoms with Crippen molar-refractivity contribution in [2.75, 3.05) is 4.90 Å². The van der Waals surface area contributed by atoms with Gasteiger partial charge in [-0.1, -0.05) is 288 Å². The molecular formula is C88H90N2. The van der Waals surface area contributed by atoms with E-state index in [-0.39, 0.29) is 32.5 Å². The van der Waals surface area contributed by atoms with Crippen molar-refractivity contribution in [1.82, 2.24) is 4.57 Å². The predicted molar refractivity (Wildman–Crippen MR) is 393 cm³/mol. The number of hydrogen-bond donors (Lipinski definition) is 0. The fraction of sp³-hybridized carbons (Fsp3) is 0.273. The van der Waals surface area contributed by atoms with Gasteiger partial charge in [-0.05, 0) is 175 Å². The van der Waals surface area contributed by atoms with Gasteiger partial charge >= 0.3 is 0 Å². The molecule has 12 aromatic carbocycles. The molecule has 0 amide bonds. The topological polar surface area (TPSA) is 8.17 Å². The second-order valence-corrected chi connectivity index (χ2v) is 32.0. The second kappa shape index (κ2) is 21.5. The minimum absolute atomic E-state index is 0.00201. The maximum atomic E-state index is 2.64. The van der Waals surface area contributed by atoms with E-state index in [0.29, 0.717) is 0 Å². The van der Waals surface area contributed by atoms with E-state index in [1.165, 1.54) is 132 Å². The van der Waals surface area contributed by atoms with Gasteiger partial charge in [-0.2, -0.15) is 0 Å². The number of rotatable bonds is 8. The normalized spacial score (nSPS) is 13.0. The van der Waals surface area contributed by atoms with Crippen molar-refractivity contribution >= 4 is 71.2 Å². The van der Waals surface area contributed by atoms with Crippen LogP contribution in [0.3, 0.4) is 0 Å². The van der Waals surface area contributed by atoms with Crippen LogP contribution in [0.15, 0.2) is 218 Å². The summed E-state index contributed by atoms with van der Waals surface area (Å²) in [7, 11) is 0. The molecule has 1 heterocycles. The van der Waals surface area contributed by atoms with E-state index in [1.807, 2.05) is 0 Å². The minimum Gasteiger partial charge on any atom is -0.309 e. The van der Waals surface area contributed by atoms with E-state index in [0.717, 1.165) is 22.6 Å². The van der Waals surface area contributed by atoms with E-state index in [2.05, 4.69) is 352 Å². The third-order valence-corrected chi connectivity index (χ3v) is 19.3. The highest BCUT2D eigenvalue weighted by Crippen LogP contribution is 2.53. The Morgan fingerprint density at radius 3 is 1.24 bits per heavy atom. The molecule has 0 spiro atoms. The Morgan fingerprint density at radius 1 is 0.244 bits per heavy atom. The van der Waals surface area contributed by atoms with Crippen LogP contribution in [0.5, 0.6) is 0 Å². The molecule has 13 aromatic rings. The summed E-state index contributed by atoms with van der Waals surface area (Å²) in [6, 6.07) is 84.7. The van der Waals surface area contributed by atoms with Gasteiger partial charge < -0.3 is 9.47 Å². The third kappa shape index (κ3) is 10.8. The summed E-state index contributed by atoms with van der Waals surface area (Å²) in [5, 5.41) is 10.0. The summed E-state index contributed by atoms with van der Waals surface area (Å²) in [6.07, 6.45) is 0. The summed E-state index contributed by atoms with van der Waals surface area (Å²) in [5.41, 5.74) is 24.1. The quantitative estimate of drug-likeness (QED) is 0.138. The Morgan fingerprint density at radius 2 is 0.678 bits per heavy atom. The Bertz CT molecular complexity index is 4820. The van der Waals surface area contributed by atoms with Gasteiger partial charge in [0.15, 0.2) is 0 Å². The van der Waals surface area contributed by atoms with Crippen LogP contribution in [0, 0.1) is 0 Å². The molecule has 0 aliphatic carbocycles. The highest BCUT2D eigenvalue weighted by Gasteiger charge is 2.30. The van der Waals surface area contributed by atoms with Gasteiger partial charge in [0.25, 0.3) is 0 Å². The van der Waals surface area contributed by atoms with Gasteiger partial charge in [-0.3, -0.25) is 0 Å². The lowest BCUT2D eigenvalue weighted by Gasteiger charge is -2.33. The number of aromatic nitrogens is 1. The maximum Gasteiger partial charge on any atom is 0.0543 e. The molecule has 0 aliphatic rings. The van der Waals surface area contributed by atoms with Crippen molar-refractivity contribution in [3.8, 4) is 50.2 Å². The summed E-state index contributed by atoms with van der Waals surface area (Å²) in [5.74, 6) is 0. The van der Waals surface area contributed by atoms with E-state index in [1.54, 1.807) is 0 Å². The highest BCUT2D eigenvalue weighted by molar-refractivity contribution is 6.28. The smallest absolute Gasteiger partial charge is 0.0543 e. The highest BCUT2D eigenvalue weighted by atomic mass is 15.1. The van der Waals surface area contributed by atoms with E-state index >= 15 is 0 Å². The molecule has 0 fully saturated rings. The lowest BCUT2D eigenvalue weighted by atomic mass is 9.78. The predicted octanol–water partition coefficient (Wildman–Crippen LogP) is 25.6. The van der Waals surface area contributed by atoms with E-state index in [4.69, 9.17) is 0 Å². The van der Waals surface area contributed by atoms with Crippen LogP contribution in [-0.4, -0.2) is 4.57 Å². The summed E-state index contributed by atoms with van der Waals surface area (Å²) < 4.78 is 2.55. The standard InChI is InChI=1S/C88H90N2/c1-83(2,3)61-37-44-78-73(52-61)74-53-62(84(4,5)6)38-45-79(74)89(78)76-42-34-56-33-40-72-77(43-35-57-32-39-71(76)81(56)82(57)72)90(75-31-25-24-30-70(75)69-29-23-22-28-67(69)55-26-20-19-21-27-55)80-54-63(85(7,8)9)36-41-68(80)60-46-58(47-64(50-60)86(10,11)12)59-48-65(87(13,14)15)51-66(49-59)88(16,17)18/h19-54H,1-18H3. The average molecular weight is 1180 g/mol. The van der Waals surface area contributed by atoms with Crippen LogP contribution >= 0.6 is 0 Å². The van der Waals surface area contributed by atoms with Crippen LogP contribution in [0.25, 0.3) is 104 Å². The summed E-state index contributed by atoms with van der Waals surface area (Å²) in [6.45, 7) is 42.2. The van der Waals surface area contributed by atoms with Crippen LogP contribution in [0.1, 0.15) is 158 Å². The zero-order valence-corrected chi connectivity index (χ0v) is 56.7. The number of hydrogen-bond acceptors (Lipinski definition) is 1. The van der Waals surface area contributed by atoms with Crippen molar-refractivity contribution in [1.29, 1.82) is 0 Å². The monoisotopic (exact) mass is 1170 g/mol. The van der Waals surface area contributed by atoms with Gasteiger partial charge in [-0.25, -0.2) is 0 Å². The van der Waals surface area contributed by atoms with Crippen molar-refractivity contribution < 1.29 is 0 Å². The van der Waals surface area contributed by atoms with Crippen LogP contribution in [-0.2, 0) is 32.5 Å². The summed E-state index contributed by atoms with van der Waals surface area (Å²) >= 11 is 0. The van der Waals surface area contributed by atoms with Crippen LogP contribution < -0.4 is 4.90 Å². The molecule has 0 saturated carbocycles. The van der Waals surface area contributed by atoms with Gasteiger partial charge in [0.2, 0.25) is 0 Å². The van der Waals surface area contributed by atoms with Crippen molar-refractivity contribution in [2.24, 2.45) is 0 Å². The molecule has 0 aliphatic heterocycles. The zero-order valence-electron chi connectivity index (χ0n) is 56.7. The van der Waals surface area contributed by atoms with Gasteiger partial charge in [-0.15, -0.1) is 0 Å². The van der Waals surface area contributed by atoms with Crippen LogP contribution in [0.2, 0.25) is 0 Å². The minimum atomic E-state index is -0.165. The fourth-order valence-corrected chi connectivity index (χ4v) is 13.7. The molecule has 13 rings (SSSR count). The molecule has 1 aromatic heterocycles. The van der Waals surface area contributed by atoms with Crippen LogP contribution in [0.4, 0.5) is 17.1 Å². The number of anilines is 3.